The first kappa shape index (κ1) is 29.6. The largest absolute Gasteiger partial charge is 0.354 e. The molecule has 2 aromatic rings. The lowest BCUT2D eigenvalue weighted by molar-refractivity contribution is -0.140. The molecule has 0 saturated heterocycles. The molecule has 0 aromatic heterocycles. The first-order valence-corrected chi connectivity index (χ1v) is 14.4. The SMILES string of the molecule is Cc1ccc(CN(C(=O)CCCN(c2cc(Cl)ccc2C)S(C)(=O)=O)[C@@H](C)C(=O)NCC(C)C)cc1. The van der Waals surface area contributed by atoms with E-state index in [0.717, 1.165) is 22.9 Å². The van der Waals surface area contributed by atoms with Gasteiger partial charge in [0.05, 0.1) is 11.9 Å². The molecule has 0 aliphatic rings. The normalized spacial score (nSPS) is 12.3. The summed E-state index contributed by atoms with van der Waals surface area (Å²) in [7, 11) is -3.59. The number of carbonyl (C=O) groups excluding carboxylic acids is 2. The minimum absolute atomic E-state index is 0.0965. The van der Waals surface area contributed by atoms with Gasteiger partial charge >= 0.3 is 0 Å². The molecule has 36 heavy (non-hydrogen) atoms. The Labute approximate surface area is 220 Å². The molecule has 2 amide bonds. The Kier molecular flexibility index (Phi) is 10.8. The number of carbonyl (C=O) groups is 2. The lowest BCUT2D eigenvalue weighted by Gasteiger charge is -2.30. The van der Waals surface area contributed by atoms with E-state index in [4.69, 9.17) is 11.6 Å². The van der Waals surface area contributed by atoms with Gasteiger partial charge in [-0.15, -0.1) is 0 Å². The number of aryl methyl sites for hydroxylation is 2. The molecule has 7 nitrogen and oxygen atoms in total. The predicted molar refractivity (Wildman–Crippen MR) is 147 cm³/mol. The van der Waals surface area contributed by atoms with E-state index < -0.39 is 16.1 Å². The third kappa shape index (κ3) is 8.82. The molecule has 0 bridgehead atoms. The Balaban J connectivity index is 2.18. The van der Waals surface area contributed by atoms with Crippen LogP contribution in [0.3, 0.4) is 0 Å². The lowest BCUT2D eigenvalue weighted by Crippen LogP contribution is -2.48. The van der Waals surface area contributed by atoms with Crippen molar-refractivity contribution in [3.63, 3.8) is 0 Å². The van der Waals surface area contributed by atoms with E-state index >= 15 is 0 Å². The second-order valence-electron chi connectivity index (χ2n) is 9.69. The summed E-state index contributed by atoms with van der Waals surface area (Å²) in [4.78, 5) is 27.7. The van der Waals surface area contributed by atoms with E-state index in [1.807, 2.05) is 52.0 Å². The Morgan fingerprint density at radius 2 is 1.67 bits per heavy atom. The van der Waals surface area contributed by atoms with Crippen molar-refractivity contribution >= 4 is 39.1 Å². The number of benzene rings is 2. The second-order valence-corrected chi connectivity index (χ2v) is 12.0. The van der Waals surface area contributed by atoms with Gasteiger partial charge in [-0.1, -0.05) is 61.3 Å². The molecule has 2 aromatic carbocycles. The van der Waals surface area contributed by atoms with Gasteiger partial charge in [0.25, 0.3) is 0 Å². The minimum atomic E-state index is -3.59. The molecule has 0 aliphatic carbocycles. The van der Waals surface area contributed by atoms with Crippen molar-refractivity contribution in [3.05, 3.63) is 64.2 Å². The maximum absolute atomic E-state index is 13.3. The Hall–Kier alpha value is -2.58. The predicted octanol–water partition coefficient (Wildman–Crippen LogP) is 4.69. The monoisotopic (exact) mass is 535 g/mol. The number of rotatable bonds is 12. The highest BCUT2D eigenvalue weighted by Crippen LogP contribution is 2.27. The maximum Gasteiger partial charge on any atom is 0.242 e. The molecule has 9 heteroatoms. The van der Waals surface area contributed by atoms with E-state index in [0.29, 0.717) is 36.1 Å². The molecular formula is C27H38ClN3O4S. The molecule has 1 atom stereocenters. The Morgan fingerprint density at radius 3 is 2.25 bits per heavy atom. The van der Waals surface area contributed by atoms with Crippen LogP contribution in [0.25, 0.3) is 0 Å². The molecule has 0 unspecified atom stereocenters. The molecule has 0 saturated carbocycles. The van der Waals surface area contributed by atoms with Gasteiger partial charge in [-0.3, -0.25) is 13.9 Å². The minimum Gasteiger partial charge on any atom is -0.354 e. The summed E-state index contributed by atoms with van der Waals surface area (Å²) < 4.78 is 26.3. The van der Waals surface area contributed by atoms with Crippen molar-refractivity contribution in [1.82, 2.24) is 10.2 Å². The van der Waals surface area contributed by atoms with E-state index in [-0.39, 0.29) is 24.8 Å². The Bertz CT molecular complexity index is 1150. The van der Waals surface area contributed by atoms with Crippen molar-refractivity contribution < 1.29 is 18.0 Å². The zero-order chi connectivity index (χ0) is 27.0. The first-order chi connectivity index (χ1) is 16.8. The summed E-state index contributed by atoms with van der Waals surface area (Å²) in [6.45, 7) is 10.5. The molecular weight excluding hydrogens is 498 g/mol. The van der Waals surface area contributed by atoms with Crippen LogP contribution >= 0.6 is 11.6 Å². The van der Waals surface area contributed by atoms with Gasteiger partial charge in [0, 0.05) is 31.1 Å². The molecule has 1 N–H and O–H groups in total. The molecule has 0 aliphatic heterocycles. The highest BCUT2D eigenvalue weighted by molar-refractivity contribution is 7.92. The summed E-state index contributed by atoms with van der Waals surface area (Å²) in [6.07, 6.45) is 1.53. The van der Waals surface area contributed by atoms with Crippen LogP contribution in [-0.2, 0) is 26.2 Å². The molecule has 0 radical (unpaired) electrons. The summed E-state index contributed by atoms with van der Waals surface area (Å²) in [5.74, 6) is -0.130. The standard InChI is InChI=1S/C27H38ClN3O4S/c1-19(2)17-29-27(33)22(5)30(18-23-12-9-20(3)10-13-23)26(32)8-7-15-31(36(6,34)35)25-16-24(28)14-11-21(25)4/h9-14,16,19,22H,7-8,15,17-18H2,1-6H3,(H,29,33)/t22-/m0/s1. The highest BCUT2D eigenvalue weighted by atomic mass is 35.5. The van der Waals surface area contributed by atoms with Gasteiger partial charge in [0.1, 0.15) is 6.04 Å². The number of halogens is 1. The average Bonchev–Trinajstić information content (AvgIpc) is 2.80. The van der Waals surface area contributed by atoms with Crippen LogP contribution in [0.5, 0.6) is 0 Å². The van der Waals surface area contributed by atoms with E-state index in [1.165, 1.54) is 4.31 Å². The van der Waals surface area contributed by atoms with Gasteiger partial charge in [-0.2, -0.15) is 0 Å². The summed E-state index contributed by atoms with van der Waals surface area (Å²) in [6, 6.07) is 12.3. The van der Waals surface area contributed by atoms with E-state index in [2.05, 4.69) is 5.32 Å². The van der Waals surface area contributed by atoms with Crippen molar-refractivity contribution in [3.8, 4) is 0 Å². The fraction of sp³-hybridized carbons (Fsp3) is 0.481. The van der Waals surface area contributed by atoms with Crippen LogP contribution in [0.1, 0.15) is 50.3 Å². The smallest absolute Gasteiger partial charge is 0.242 e. The average molecular weight is 536 g/mol. The number of hydrogen-bond acceptors (Lipinski definition) is 4. The molecule has 0 fully saturated rings. The van der Waals surface area contributed by atoms with Gasteiger partial charge in [-0.25, -0.2) is 8.42 Å². The van der Waals surface area contributed by atoms with Crippen molar-refractivity contribution in [1.29, 1.82) is 0 Å². The fourth-order valence-corrected chi connectivity index (χ4v) is 4.94. The topological polar surface area (TPSA) is 86.8 Å². The van der Waals surface area contributed by atoms with E-state index in [1.54, 1.807) is 30.0 Å². The van der Waals surface area contributed by atoms with Gasteiger partial charge < -0.3 is 10.2 Å². The second kappa shape index (κ2) is 13.1. The molecule has 0 heterocycles. The number of nitrogens with zero attached hydrogens (tertiary/aromatic N) is 2. The van der Waals surface area contributed by atoms with Gasteiger partial charge in [0.15, 0.2) is 0 Å². The zero-order valence-corrected chi connectivity index (χ0v) is 23.6. The third-order valence-electron chi connectivity index (χ3n) is 5.92. The number of anilines is 1. The van der Waals surface area contributed by atoms with Crippen molar-refractivity contribution in [2.24, 2.45) is 5.92 Å². The molecule has 198 valence electrons. The highest BCUT2D eigenvalue weighted by Gasteiger charge is 2.27. The third-order valence-corrected chi connectivity index (χ3v) is 7.33. The van der Waals surface area contributed by atoms with Gasteiger partial charge in [-0.05, 0) is 56.4 Å². The van der Waals surface area contributed by atoms with Crippen LogP contribution in [0, 0.1) is 19.8 Å². The number of hydrogen-bond donors (Lipinski definition) is 1. The van der Waals surface area contributed by atoms with Crippen LogP contribution < -0.4 is 9.62 Å². The van der Waals surface area contributed by atoms with Crippen LogP contribution in [0.4, 0.5) is 5.69 Å². The van der Waals surface area contributed by atoms with Crippen molar-refractivity contribution in [2.45, 2.75) is 60.0 Å². The first-order valence-electron chi connectivity index (χ1n) is 12.2. The van der Waals surface area contributed by atoms with Crippen LogP contribution in [0.2, 0.25) is 5.02 Å². The van der Waals surface area contributed by atoms with Crippen molar-refractivity contribution in [2.75, 3.05) is 23.7 Å². The van der Waals surface area contributed by atoms with Gasteiger partial charge in [0.2, 0.25) is 21.8 Å². The molecule has 2 rings (SSSR count). The fourth-order valence-electron chi connectivity index (χ4n) is 3.76. The number of sulfonamides is 1. The summed E-state index contributed by atoms with van der Waals surface area (Å²) >= 11 is 6.11. The van der Waals surface area contributed by atoms with E-state index in [9.17, 15) is 18.0 Å². The quantitative estimate of drug-likeness (QED) is 0.427. The number of nitrogens with one attached hydrogen (secondary N) is 1. The lowest BCUT2D eigenvalue weighted by atomic mass is 10.1. The van der Waals surface area contributed by atoms with Crippen LogP contribution in [-0.4, -0.2) is 50.5 Å². The maximum atomic E-state index is 13.3. The number of amides is 2. The summed E-state index contributed by atoms with van der Waals surface area (Å²) in [5, 5.41) is 3.34. The molecule has 0 spiro atoms. The van der Waals surface area contributed by atoms with Crippen LogP contribution in [0.15, 0.2) is 42.5 Å². The summed E-state index contributed by atoms with van der Waals surface area (Å²) in [5.41, 5.74) is 3.30. The zero-order valence-electron chi connectivity index (χ0n) is 22.0. The Morgan fingerprint density at radius 1 is 1.03 bits per heavy atom.